The molecule has 1 aliphatic heterocycles. The van der Waals surface area contributed by atoms with E-state index >= 15 is 8.78 Å². The molecule has 204 valence electrons. The number of benzene rings is 2. The highest BCUT2D eigenvalue weighted by Gasteiger charge is 2.76. The number of hydrogen-bond donors (Lipinski definition) is 2. The molecule has 3 unspecified atom stereocenters. The lowest BCUT2D eigenvalue weighted by Crippen LogP contribution is -2.73. The van der Waals surface area contributed by atoms with Crippen LogP contribution in [0.2, 0.25) is 0 Å². The van der Waals surface area contributed by atoms with Gasteiger partial charge in [0, 0.05) is 23.6 Å². The monoisotopic (exact) mass is 537 g/mol. The predicted molar refractivity (Wildman–Crippen MR) is 129 cm³/mol. The van der Waals surface area contributed by atoms with E-state index in [-0.39, 0.29) is 36.3 Å². The van der Waals surface area contributed by atoms with Gasteiger partial charge in [-0.25, -0.2) is 0 Å². The molecule has 2 N–H and O–H groups in total. The first-order valence-electron chi connectivity index (χ1n) is 12.2. The Labute approximate surface area is 216 Å². The third kappa shape index (κ3) is 4.59. The fraction of sp³-hybridized carbons (Fsp3) is 0.429. The number of hydrogen-bond acceptors (Lipinski definition) is 5. The van der Waals surface area contributed by atoms with Gasteiger partial charge < -0.3 is 15.2 Å². The minimum Gasteiger partial charge on any atom is -0.466 e. The van der Waals surface area contributed by atoms with E-state index in [9.17, 15) is 27.9 Å². The number of esters is 1. The van der Waals surface area contributed by atoms with Crippen LogP contribution in [0.25, 0.3) is 11.1 Å². The fourth-order valence-electron chi connectivity index (χ4n) is 5.42. The summed E-state index contributed by atoms with van der Waals surface area (Å²) in [5, 5.41) is 13.2. The van der Waals surface area contributed by atoms with Crippen molar-refractivity contribution < 1.29 is 41.4 Å². The van der Waals surface area contributed by atoms with Crippen LogP contribution in [0.5, 0.6) is 0 Å². The molecule has 0 bridgehead atoms. The molecule has 38 heavy (non-hydrogen) atoms. The number of nitrogens with one attached hydrogen (secondary N) is 1. The Bertz CT molecular complexity index is 1250. The second-order valence-electron chi connectivity index (χ2n) is 10.5. The molecule has 0 amide bonds. The second-order valence-corrected chi connectivity index (χ2v) is 10.5. The van der Waals surface area contributed by atoms with Crippen molar-refractivity contribution in [2.75, 3.05) is 6.61 Å². The highest BCUT2D eigenvalue weighted by Crippen LogP contribution is 2.56. The summed E-state index contributed by atoms with van der Waals surface area (Å²) >= 11 is 0. The lowest BCUT2D eigenvalue weighted by atomic mass is 9.63. The number of Topliss-reactive ketones (excluding diaryl/α,β-unsaturated/α-hetero) is 1. The van der Waals surface area contributed by atoms with Gasteiger partial charge in [0.05, 0.1) is 6.61 Å². The Morgan fingerprint density at radius 2 is 1.58 bits per heavy atom. The van der Waals surface area contributed by atoms with Crippen LogP contribution in [0.1, 0.15) is 45.1 Å². The molecule has 4 rings (SSSR count). The van der Waals surface area contributed by atoms with E-state index in [0.29, 0.717) is 0 Å². The van der Waals surface area contributed by atoms with Gasteiger partial charge in [0.1, 0.15) is 5.92 Å². The largest absolute Gasteiger partial charge is 0.466 e. The first kappa shape index (κ1) is 27.8. The van der Waals surface area contributed by atoms with Crippen LogP contribution in [0.3, 0.4) is 0 Å². The van der Waals surface area contributed by atoms with E-state index in [1.807, 2.05) is 35.6 Å². The van der Waals surface area contributed by atoms with Crippen molar-refractivity contribution in [1.29, 1.82) is 0 Å². The summed E-state index contributed by atoms with van der Waals surface area (Å²) in [6.07, 6.45) is -6.32. The van der Waals surface area contributed by atoms with Crippen LogP contribution in [-0.2, 0) is 14.3 Å². The van der Waals surface area contributed by atoms with Gasteiger partial charge in [-0.1, -0.05) is 68.4 Å². The average molecular weight is 538 g/mol. The van der Waals surface area contributed by atoms with Gasteiger partial charge in [-0.05, 0) is 35.4 Å². The summed E-state index contributed by atoms with van der Waals surface area (Å²) in [4.78, 5) is 26.5. The maximum Gasteiger partial charge on any atom is 0.458 e. The minimum absolute atomic E-state index is 0.0181. The lowest BCUT2D eigenvalue weighted by molar-refractivity contribution is -0.358. The molecule has 1 aliphatic carbocycles. The Morgan fingerprint density at radius 1 is 1.00 bits per heavy atom. The van der Waals surface area contributed by atoms with Crippen molar-refractivity contribution in [2.24, 2.45) is 11.3 Å². The van der Waals surface area contributed by atoms with Gasteiger partial charge in [0.25, 0.3) is 0 Å². The third-order valence-corrected chi connectivity index (χ3v) is 7.11. The fourth-order valence-corrected chi connectivity index (χ4v) is 5.42. The van der Waals surface area contributed by atoms with Gasteiger partial charge >= 0.3 is 18.1 Å². The molecule has 0 fully saturated rings. The number of carbonyl (C=O) groups excluding carboxylic acids is 2. The summed E-state index contributed by atoms with van der Waals surface area (Å²) < 4.78 is 76.3. The second kappa shape index (κ2) is 9.48. The smallest absolute Gasteiger partial charge is 0.458 e. The van der Waals surface area contributed by atoms with Crippen LogP contribution < -0.4 is 5.32 Å². The van der Waals surface area contributed by atoms with Crippen molar-refractivity contribution in [1.82, 2.24) is 5.32 Å². The standard InChI is InChI=1S/C28H28F5NO4/c1-4-38-24(36)23-21(18-12-10-17(11-13-18)16-8-6-5-7-9-16)22-19(14-25(2,3)15-20(22)35)34-26(23,37)27(29,30)28(31,32)33/h5-13,21,23,34,37H,4,14-15H2,1-3H3. The van der Waals surface area contributed by atoms with Gasteiger partial charge in [-0.3, -0.25) is 9.59 Å². The maximum atomic E-state index is 15.1. The zero-order valence-electron chi connectivity index (χ0n) is 21.0. The van der Waals surface area contributed by atoms with Crippen molar-refractivity contribution in [3.63, 3.8) is 0 Å². The van der Waals surface area contributed by atoms with E-state index in [1.165, 1.54) is 19.1 Å². The number of ether oxygens (including phenoxy) is 1. The number of ketones is 1. The molecule has 0 saturated heterocycles. The Hall–Kier alpha value is -3.27. The first-order chi connectivity index (χ1) is 17.6. The Balaban J connectivity index is 1.96. The SMILES string of the molecule is CCOC(=O)C1C(c2ccc(-c3ccccc3)cc2)C2=C(CC(C)(C)CC2=O)NC1(O)C(F)(F)C(F)(F)F. The zero-order chi connectivity index (χ0) is 28.1. The summed E-state index contributed by atoms with van der Waals surface area (Å²) in [5.74, 6) is -11.9. The summed E-state index contributed by atoms with van der Waals surface area (Å²) in [6, 6.07) is 15.3. The van der Waals surface area contributed by atoms with Crippen molar-refractivity contribution in [2.45, 2.75) is 57.4 Å². The molecule has 5 nitrogen and oxygen atoms in total. The number of alkyl halides is 5. The lowest BCUT2D eigenvalue weighted by Gasteiger charge is -2.51. The topological polar surface area (TPSA) is 75.6 Å². The van der Waals surface area contributed by atoms with E-state index < -0.39 is 46.8 Å². The average Bonchev–Trinajstić information content (AvgIpc) is 2.82. The van der Waals surface area contributed by atoms with E-state index in [1.54, 1.807) is 26.0 Å². The van der Waals surface area contributed by atoms with E-state index in [4.69, 9.17) is 4.74 Å². The van der Waals surface area contributed by atoms with Crippen LogP contribution in [0.15, 0.2) is 65.9 Å². The van der Waals surface area contributed by atoms with Crippen LogP contribution in [-0.4, -0.2) is 41.3 Å². The van der Waals surface area contributed by atoms with Crippen LogP contribution in [0, 0.1) is 11.3 Å². The molecule has 2 aliphatic rings. The van der Waals surface area contributed by atoms with E-state index in [0.717, 1.165) is 11.1 Å². The van der Waals surface area contributed by atoms with Gasteiger partial charge in [0.2, 0.25) is 5.72 Å². The normalized spacial score (nSPS) is 25.4. The van der Waals surface area contributed by atoms with E-state index in [2.05, 4.69) is 0 Å². The molecule has 0 aromatic heterocycles. The van der Waals surface area contributed by atoms with Gasteiger partial charge in [-0.2, -0.15) is 22.0 Å². The Kier molecular flexibility index (Phi) is 6.93. The highest BCUT2D eigenvalue weighted by molar-refractivity contribution is 6.00. The predicted octanol–water partition coefficient (Wildman–Crippen LogP) is 5.75. The number of allylic oxidation sites excluding steroid dienone is 2. The highest BCUT2D eigenvalue weighted by atomic mass is 19.4. The quantitative estimate of drug-likeness (QED) is 0.375. The van der Waals surface area contributed by atoms with Crippen LogP contribution >= 0.6 is 0 Å². The molecular formula is C28H28F5NO4. The molecule has 0 radical (unpaired) electrons. The van der Waals surface area contributed by atoms with Crippen molar-refractivity contribution >= 4 is 11.8 Å². The molecule has 3 atom stereocenters. The molecule has 1 heterocycles. The minimum atomic E-state index is -6.21. The first-order valence-corrected chi connectivity index (χ1v) is 12.2. The maximum absolute atomic E-state index is 15.1. The number of carbonyl (C=O) groups is 2. The number of halogens is 5. The molecule has 0 saturated carbocycles. The summed E-state index contributed by atoms with van der Waals surface area (Å²) in [6.45, 7) is 4.35. The van der Waals surface area contributed by atoms with Crippen molar-refractivity contribution in [3.05, 3.63) is 71.4 Å². The molecule has 10 heteroatoms. The number of rotatable bonds is 5. The van der Waals surface area contributed by atoms with Crippen molar-refractivity contribution in [3.8, 4) is 11.1 Å². The summed E-state index contributed by atoms with van der Waals surface area (Å²) in [7, 11) is 0. The molecular weight excluding hydrogens is 509 g/mol. The summed E-state index contributed by atoms with van der Waals surface area (Å²) in [5.41, 5.74) is -3.57. The van der Waals surface area contributed by atoms with Crippen LogP contribution in [0.4, 0.5) is 22.0 Å². The van der Waals surface area contributed by atoms with Gasteiger partial charge in [0.15, 0.2) is 5.78 Å². The molecule has 0 spiro atoms. The third-order valence-electron chi connectivity index (χ3n) is 7.11. The zero-order valence-corrected chi connectivity index (χ0v) is 21.0. The van der Waals surface area contributed by atoms with Gasteiger partial charge in [-0.15, -0.1) is 0 Å². The number of aliphatic hydroxyl groups is 1. The molecule has 2 aromatic rings. The Morgan fingerprint density at radius 3 is 2.13 bits per heavy atom. The molecule has 2 aromatic carbocycles.